The van der Waals surface area contributed by atoms with Crippen LogP contribution in [-0.4, -0.2) is 19.9 Å². The molecule has 0 fully saturated rings. The summed E-state index contributed by atoms with van der Waals surface area (Å²) in [5, 5.41) is 10.8. The van der Waals surface area contributed by atoms with E-state index in [-0.39, 0.29) is 11.4 Å². The van der Waals surface area contributed by atoms with Crippen molar-refractivity contribution >= 4 is 28.4 Å². The Hall–Kier alpha value is -1.60. The van der Waals surface area contributed by atoms with E-state index in [1.165, 1.54) is 12.1 Å². The number of rotatable bonds is 3. The first-order valence-corrected chi connectivity index (χ1v) is 6.75. The Bertz CT molecular complexity index is 523. The largest absolute Gasteiger partial charge is 0.591 e. The van der Waals surface area contributed by atoms with Crippen molar-refractivity contribution in [3.05, 3.63) is 33.9 Å². The number of anilines is 1. The molecule has 0 aromatic heterocycles. The summed E-state index contributed by atoms with van der Waals surface area (Å²) in [6.07, 6.45) is 0. The van der Waals surface area contributed by atoms with Gasteiger partial charge in [-0.15, -0.1) is 0 Å². The molecular weight excluding hydrogens is 266 g/mol. The average molecular weight is 283 g/mol. The summed E-state index contributed by atoms with van der Waals surface area (Å²) in [4.78, 5) is 10.3. The monoisotopic (exact) mass is 283 g/mol. The van der Waals surface area contributed by atoms with Gasteiger partial charge in [-0.05, 0) is 33.8 Å². The summed E-state index contributed by atoms with van der Waals surface area (Å²) in [6, 6.07) is 4.42. The predicted octanol–water partition coefficient (Wildman–Crippen LogP) is 2.45. The average Bonchev–Trinajstić information content (AvgIpc) is 2.27. The highest BCUT2D eigenvalue weighted by Gasteiger charge is 2.27. The molecule has 0 aliphatic heterocycles. The van der Waals surface area contributed by atoms with Gasteiger partial charge in [0.05, 0.1) is 10.6 Å². The Morgan fingerprint density at radius 2 is 2.00 bits per heavy atom. The molecule has 1 rings (SSSR count). The molecule has 0 aliphatic carbocycles. The number of nitro benzene ring substituents is 1. The fourth-order valence-electron chi connectivity index (χ4n) is 1.24. The first-order valence-electron chi connectivity index (χ1n) is 5.64. The number of nitro groups is 1. The van der Waals surface area contributed by atoms with Crippen molar-refractivity contribution in [1.82, 2.24) is 0 Å². The minimum atomic E-state index is -1.40. The molecule has 0 saturated heterocycles. The molecule has 0 amide bonds. The highest BCUT2D eigenvalue weighted by atomic mass is 32.2. The minimum Gasteiger partial charge on any atom is -0.591 e. The molecule has 0 saturated carbocycles. The first kappa shape index (κ1) is 15.5. The van der Waals surface area contributed by atoms with Crippen LogP contribution in [0.3, 0.4) is 0 Å². The van der Waals surface area contributed by atoms with Crippen molar-refractivity contribution in [2.24, 2.45) is 4.40 Å². The van der Waals surface area contributed by atoms with Gasteiger partial charge in [0.1, 0.15) is 21.8 Å². The van der Waals surface area contributed by atoms with Gasteiger partial charge in [0, 0.05) is 11.6 Å². The third-order valence-corrected chi connectivity index (χ3v) is 3.88. The van der Waals surface area contributed by atoms with Crippen LogP contribution in [0.2, 0.25) is 0 Å². The third-order valence-electron chi connectivity index (χ3n) is 2.39. The van der Waals surface area contributed by atoms with E-state index >= 15 is 0 Å². The second kappa shape index (κ2) is 5.58. The van der Waals surface area contributed by atoms with Crippen LogP contribution in [0.15, 0.2) is 22.6 Å². The predicted molar refractivity (Wildman–Crippen MR) is 77.6 cm³/mol. The summed E-state index contributed by atoms with van der Waals surface area (Å²) in [5.74, 6) is 0. The second-order valence-corrected chi connectivity index (χ2v) is 6.97. The fourth-order valence-corrected chi connectivity index (χ4v) is 1.87. The van der Waals surface area contributed by atoms with Gasteiger partial charge in [0.15, 0.2) is 0 Å². The van der Waals surface area contributed by atoms with Crippen LogP contribution in [0.25, 0.3) is 0 Å². The quantitative estimate of drug-likeness (QED) is 0.302. The number of hydrogen-bond donors (Lipinski definition) is 1. The summed E-state index contributed by atoms with van der Waals surface area (Å²) in [6.45, 7) is 7.10. The molecule has 1 aromatic carbocycles. The Labute approximate surface area is 115 Å². The lowest BCUT2D eigenvalue weighted by Gasteiger charge is -2.18. The van der Waals surface area contributed by atoms with E-state index < -0.39 is 21.0 Å². The first-order chi connectivity index (χ1) is 8.62. The lowest BCUT2D eigenvalue weighted by Crippen LogP contribution is -2.26. The van der Waals surface area contributed by atoms with Gasteiger partial charge in [0.25, 0.3) is 5.69 Å². The summed E-state index contributed by atoms with van der Waals surface area (Å²) in [5.41, 5.74) is 6.47. The van der Waals surface area contributed by atoms with Gasteiger partial charge in [-0.25, -0.2) is 0 Å². The molecule has 7 heteroatoms. The van der Waals surface area contributed by atoms with E-state index in [4.69, 9.17) is 5.73 Å². The molecule has 1 unspecified atom stereocenters. The van der Waals surface area contributed by atoms with Crippen LogP contribution in [0, 0.1) is 10.1 Å². The molecule has 104 valence electrons. The van der Waals surface area contributed by atoms with Crippen LogP contribution in [0.1, 0.15) is 33.3 Å². The van der Waals surface area contributed by atoms with E-state index in [9.17, 15) is 14.7 Å². The fraction of sp³-hybridized carbons (Fsp3) is 0.417. The molecule has 0 radical (unpaired) electrons. The summed E-state index contributed by atoms with van der Waals surface area (Å²) >= 11 is -1.40. The molecular formula is C12H17N3O3S. The van der Waals surface area contributed by atoms with Crippen molar-refractivity contribution in [3.63, 3.8) is 0 Å². The van der Waals surface area contributed by atoms with Gasteiger partial charge in [-0.2, -0.15) is 0 Å². The van der Waals surface area contributed by atoms with Crippen molar-refractivity contribution in [2.75, 3.05) is 5.73 Å². The van der Waals surface area contributed by atoms with Crippen LogP contribution in [0.5, 0.6) is 0 Å². The maximum absolute atomic E-state index is 11.9. The van der Waals surface area contributed by atoms with E-state index in [1.54, 1.807) is 13.0 Å². The SMILES string of the molecule is CC(=N[S+]([O-])C(C)(C)C)c1ccc(N)c([N+](=O)[O-])c1. The lowest BCUT2D eigenvalue weighted by molar-refractivity contribution is -0.383. The van der Waals surface area contributed by atoms with Crippen LogP contribution in [-0.2, 0) is 11.4 Å². The Morgan fingerprint density at radius 1 is 1.42 bits per heavy atom. The van der Waals surface area contributed by atoms with Gasteiger partial charge >= 0.3 is 0 Å². The van der Waals surface area contributed by atoms with E-state index in [0.29, 0.717) is 11.3 Å². The van der Waals surface area contributed by atoms with Crippen LogP contribution < -0.4 is 5.73 Å². The maximum Gasteiger partial charge on any atom is 0.292 e. The smallest absolute Gasteiger partial charge is 0.292 e. The topological polar surface area (TPSA) is 105 Å². The van der Waals surface area contributed by atoms with Crippen molar-refractivity contribution in [1.29, 1.82) is 0 Å². The minimum absolute atomic E-state index is 0.0958. The van der Waals surface area contributed by atoms with E-state index in [0.717, 1.165) is 0 Å². The molecule has 19 heavy (non-hydrogen) atoms. The standard InChI is InChI=1S/C12H17N3O3S/c1-8(14-19(18)12(2,3)4)9-5-6-10(13)11(7-9)15(16)17/h5-7H,13H2,1-4H3. The molecule has 0 aliphatic rings. The number of nitrogen functional groups attached to an aromatic ring is 1. The van der Waals surface area contributed by atoms with Crippen molar-refractivity contribution < 1.29 is 9.48 Å². The van der Waals surface area contributed by atoms with Gasteiger partial charge < -0.3 is 10.3 Å². The highest BCUT2D eigenvalue weighted by molar-refractivity contribution is 7.91. The molecule has 2 N–H and O–H groups in total. The van der Waals surface area contributed by atoms with Crippen molar-refractivity contribution in [2.45, 2.75) is 32.4 Å². The van der Waals surface area contributed by atoms with Crippen molar-refractivity contribution in [3.8, 4) is 0 Å². The third kappa shape index (κ3) is 3.93. The Kier molecular flexibility index (Phi) is 4.54. The zero-order valence-corrected chi connectivity index (χ0v) is 12.2. The molecule has 0 heterocycles. The zero-order chi connectivity index (χ0) is 14.8. The molecule has 0 spiro atoms. The summed E-state index contributed by atoms with van der Waals surface area (Å²) < 4.78 is 15.5. The second-order valence-electron chi connectivity index (χ2n) is 5.07. The molecule has 1 atom stereocenters. The number of hydrogen-bond acceptors (Lipinski definition) is 5. The van der Waals surface area contributed by atoms with Gasteiger partial charge in [0.2, 0.25) is 0 Å². The maximum atomic E-state index is 11.9. The highest BCUT2D eigenvalue weighted by Crippen LogP contribution is 2.24. The Balaban J connectivity index is 3.14. The zero-order valence-electron chi connectivity index (χ0n) is 11.3. The molecule has 0 bridgehead atoms. The number of benzene rings is 1. The normalized spacial score (nSPS) is 14.3. The molecule has 1 aromatic rings. The molecule has 6 nitrogen and oxygen atoms in total. The van der Waals surface area contributed by atoms with E-state index in [2.05, 4.69) is 4.40 Å². The number of nitrogens with zero attached hydrogens (tertiary/aromatic N) is 2. The van der Waals surface area contributed by atoms with Gasteiger partial charge in [-0.3, -0.25) is 10.1 Å². The van der Waals surface area contributed by atoms with Crippen LogP contribution >= 0.6 is 0 Å². The summed E-state index contributed by atoms with van der Waals surface area (Å²) in [7, 11) is 0. The van der Waals surface area contributed by atoms with Gasteiger partial charge in [-0.1, -0.05) is 10.5 Å². The lowest BCUT2D eigenvalue weighted by atomic mass is 10.1. The number of nitrogens with two attached hydrogens (primary N) is 1. The van der Waals surface area contributed by atoms with E-state index in [1.807, 2.05) is 20.8 Å². The Morgan fingerprint density at radius 3 is 2.47 bits per heavy atom. The van der Waals surface area contributed by atoms with Crippen LogP contribution in [0.4, 0.5) is 11.4 Å².